The lowest BCUT2D eigenvalue weighted by molar-refractivity contribution is -0.136. The summed E-state index contributed by atoms with van der Waals surface area (Å²) in [5.41, 5.74) is 3.44. The van der Waals surface area contributed by atoms with Crippen LogP contribution in [0.2, 0.25) is 0 Å². The van der Waals surface area contributed by atoms with E-state index < -0.39 is 11.8 Å². The molecule has 2 aromatic carbocycles. The number of carbonyl (C=O) groups is 2. The second kappa shape index (κ2) is 8.65. The van der Waals surface area contributed by atoms with Gasteiger partial charge in [0.25, 0.3) is 0 Å². The van der Waals surface area contributed by atoms with Gasteiger partial charge in [0.2, 0.25) is 6.79 Å². The van der Waals surface area contributed by atoms with E-state index in [9.17, 15) is 9.59 Å². The number of carbonyl (C=O) groups excluding carboxylic acids is 2. The molecule has 0 saturated heterocycles. The smallest absolute Gasteiger partial charge is 0.313 e. The minimum absolute atomic E-state index is 0.194. The first-order valence-corrected chi connectivity index (χ1v) is 9.35. The van der Waals surface area contributed by atoms with Crippen molar-refractivity contribution in [3.05, 3.63) is 47.5 Å². The van der Waals surface area contributed by atoms with Crippen molar-refractivity contribution in [1.29, 1.82) is 0 Å². The molecule has 7 heteroatoms. The Bertz CT molecular complexity index is 878. The molecule has 0 spiro atoms. The quantitative estimate of drug-likeness (QED) is 0.750. The fourth-order valence-electron chi connectivity index (χ4n) is 3.07. The number of nitrogens with zero attached hydrogens (tertiary/aromatic N) is 1. The Labute approximate surface area is 164 Å². The number of hydrogen-bond donors (Lipinski definition) is 2. The molecule has 7 nitrogen and oxygen atoms in total. The summed E-state index contributed by atoms with van der Waals surface area (Å²) < 4.78 is 10.6. The predicted molar refractivity (Wildman–Crippen MR) is 108 cm³/mol. The Morgan fingerprint density at radius 3 is 2.46 bits per heavy atom. The predicted octanol–water partition coefficient (Wildman–Crippen LogP) is 2.82. The van der Waals surface area contributed by atoms with Crippen LogP contribution < -0.4 is 25.0 Å². The van der Waals surface area contributed by atoms with Crippen molar-refractivity contribution in [2.45, 2.75) is 27.3 Å². The average molecular weight is 383 g/mol. The maximum absolute atomic E-state index is 12.2. The van der Waals surface area contributed by atoms with Gasteiger partial charge in [0.15, 0.2) is 11.5 Å². The highest BCUT2D eigenvalue weighted by atomic mass is 16.7. The molecule has 2 aromatic rings. The Morgan fingerprint density at radius 1 is 1.00 bits per heavy atom. The van der Waals surface area contributed by atoms with Gasteiger partial charge in [-0.25, -0.2) is 0 Å². The second-order valence-corrected chi connectivity index (χ2v) is 6.50. The molecule has 0 aliphatic carbocycles. The molecule has 1 aliphatic rings. The highest BCUT2D eigenvalue weighted by molar-refractivity contribution is 6.39. The molecular weight excluding hydrogens is 358 g/mol. The van der Waals surface area contributed by atoms with Gasteiger partial charge in [-0.2, -0.15) is 0 Å². The Hall–Kier alpha value is -3.22. The molecule has 0 radical (unpaired) electrons. The molecule has 0 atom stereocenters. The van der Waals surface area contributed by atoms with Gasteiger partial charge in [-0.15, -0.1) is 0 Å². The first-order valence-electron chi connectivity index (χ1n) is 9.35. The first-order chi connectivity index (χ1) is 13.5. The first kappa shape index (κ1) is 19.5. The van der Waals surface area contributed by atoms with E-state index in [-0.39, 0.29) is 13.3 Å². The molecular formula is C21H25N3O4. The van der Waals surface area contributed by atoms with Crippen LogP contribution >= 0.6 is 0 Å². The minimum Gasteiger partial charge on any atom is -0.454 e. The molecule has 0 bridgehead atoms. The molecule has 2 amide bonds. The summed E-state index contributed by atoms with van der Waals surface area (Å²) in [5, 5.41) is 5.30. The van der Waals surface area contributed by atoms with Crippen molar-refractivity contribution in [3.8, 4) is 11.5 Å². The van der Waals surface area contributed by atoms with Gasteiger partial charge in [0.05, 0.1) is 0 Å². The van der Waals surface area contributed by atoms with Crippen molar-refractivity contribution in [3.63, 3.8) is 0 Å². The molecule has 148 valence electrons. The molecule has 1 heterocycles. The number of aryl methyl sites for hydroxylation is 1. The van der Waals surface area contributed by atoms with E-state index in [1.165, 1.54) is 0 Å². The molecule has 28 heavy (non-hydrogen) atoms. The van der Waals surface area contributed by atoms with Gasteiger partial charge < -0.3 is 25.0 Å². The summed E-state index contributed by atoms with van der Waals surface area (Å²) in [4.78, 5) is 26.6. The van der Waals surface area contributed by atoms with Crippen LogP contribution in [-0.2, 0) is 16.1 Å². The molecule has 0 fully saturated rings. The zero-order valence-corrected chi connectivity index (χ0v) is 16.4. The fraction of sp³-hybridized carbons (Fsp3) is 0.333. The zero-order chi connectivity index (χ0) is 20.1. The summed E-state index contributed by atoms with van der Waals surface area (Å²) >= 11 is 0. The van der Waals surface area contributed by atoms with Gasteiger partial charge in [-0.1, -0.05) is 6.07 Å². The highest BCUT2D eigenvalue weighted by Crippen LogP contribution is 2.32. The number of fused-ring (bicyclic) bond motifs is 1. The number of hydrogen-bond acceptors (Lipinski definition) is 5. The van der Waals surface area contributed by atoms with Gasteiger partial charge in [0, 0.05) is 31.0 Å². The summed E-state index contributed by atoms with van der Waals surface area (Å²) in [6, 6.07) is 11.2. The molecule has 0 saturated carbocycles. The normalized spacial score (nSPS) is 11.8. The topological polar surface area (TPSA) is 79.9 Å². The third-order valence-corrected chi connectivity index (χ3v) is 4.68. The van der Waals surface area contributed by atoms with Crippen LogP contribution in [0.3, 0.4) is 0 Å². The van der Waals surface area contributed by atoms with E-state index in [1.807, 2.05) is 31.2 Å². The number of ether oxygens (including phenoxy) is 2. The highest BCUT2D eigenvalue weighted by Gasteiger charge is 2.17. The number of rotatable bonds is 6. The SMILES string of the molecule is CCN(CC)c1ccc(NC(=O)C(=O)NCc2ccc3c(c2)OCO3)c(C)c1. The second-order valence-electron chi connectivity index (χ2n) is 6.50. The number of amides is 2. The molecule has 0 unspecified atom stereocenters. The van der Waals surface area contributed by atoms with Crippen molar-refractivity contribution >= 4 is 23.2 Å². The van der Waals surface area contributed by atoms with Crippen molar-refractivity contribution in [2.24, 2.45) is 0 Å². The van der Waals surface area contributed by atoms with Crippen LogP contribution in [0, 0.1) is 6.92 Å². The van der Waals surface area contributed by atoms with Crippen molar-refractivity contribution < 1.29 is 19.1 Å². The third kappa shape index (κ3) is 4.36. The Morgan fingerprint density at radius 2 is 1.75 bits per heavy atom. The maximum atomic E-state index is 12.2. The summed E-state index contributed by atoms with van der Waals surface area (Å²) in [6.07, 6.45) is 0. The van der Waals surface area contributed by atoms with Crippen LogP contribution in [0.1, 0.15) is 25.0 Å². The number of benzene rings is 2. The average Bonchev–Trinajstić information content (AvgIpc) is 3.16. The van der Waals surface area contributed by atoms with E-state index in [4.69, 9.17) is 9.47 Å². The lowest BCUT2D eigenvalue weighted by Crippen LogP contribution is -2.35. The van der Waals surface area contributed by atoms with Crippen molar-refractivity contribution in [1.82, 2.24) is 5.32 Å². The monoisotopic (exact) mass is 383 g/mol. The summed E-state index contributed by atoms with van der Waals surface area (Å²) in [5.74, 6) is -0.0686. The van der Waals surface area contributed by atoms with Crippen LogP contribution in [0.4, 0.5) is 11.4 Å². The van der Waals surface area contributed by atoms with Gasteiger partial charge in [0.1, 0.15) is 0 Å². The van der Waals surface area contributed by atoms with E-state index in [2.05, 4.69) is 29.4 Å². The van der Waals surface area contributed by atoms with Crippen molar-refractivity contribution in [2.75, 3.05) is 30.1 Å². The lowest BCUT2D eigenvalue weighted by Gasteiger charge is -2.22. The van der Waals surface area contributed by atoms with E-state index in [1.54, 1.807) is 12.1 Å². The largest absolute Gasteiger partial charge is 0.454 e. The zero-order valence-electron chi connectivity index (χ0n) is 16.4. The van der Waals surface area contributed by atoms with E-state index in [0.29, 0.717) is 17.2 Å². The van der Waals surface area contributed by atoms with E-state index >= 15 is 0 Å². The van der Waals surface area contributed by atoms with Crippen LogP contribution in [0.15, 0.2) is 36.4 Å². The maximum Gasteiger partial charge on any atom is 0.313 e. The van der Waals surface area contributed by atoms with Gasteiger partial charge in [-0.3, -0.25) is 9.59 Å². The van der Waals surface area contributed by atoms with Gasteiger partial charge >= 0.3 is 11.8 Å². The summed E-state index contributed by atoms with van der Waals surface area (Å²) in [6.45, 7) is 8.34. The number of nitrogens with one attached hydrogen (secondary N) is 2. The Balaban J connectivity index is 1.57. The molecule has 2 N–H and O–H groups in total. The number of anilines is 2. The molecule has 1 aliphatic heterocycles. The third-order valence-electron chi connectivity index (χ3n) is 4.68. The summed E-state index contributed by atoms with van der Waals surface area (Å²) in [7, 11) is 0. The Kier molecular flexibility index (Phi) is 6.03. The molecule has 3 rings (SSSR count). The molecule has 0 aromatic heterocycles. The van der Waals surface area contributed by atoms with Crippen LogP contribution in [-0.4, -0.2) is 31.7 Å². The standard InChI is InChI=1S/C21H25N3O4/c1-4-24(5-2)16-7-8-17(14(3)10-16)23-21(26)20(25)22-12-15-6-9-18-19(11-15)28-13-27-18/h6-11H,4-5,12-13H2,1-3H3,(H,22,25)(H,23,26). The lowest BCUT2D eigenvalue weighted by atomic mass is 10.1. The minimum atomic E-state index is -0.695. The van der Waals surface area contributed by atoms with Gasteiger partial charge in [-0.05, 0) is 62.2 Å². The van der Waals surface area contributed by atoms with E-state index in [0.717, 1.165) is 29.9 Å². The fourth-order valence-corrected chi connectivity index (χ4v) is 3.07. The van der Waals surface area contributed by atoms with Crippen LogP contribution in [0.5, 0.6) is 11.5 Å². The van der Waals surface area contributed by atoms with Crippen LogP contribution in [0.25, 0.3) is 0 Å².